The van der Waals surface area contributed by atoms with E-state index in [9.17, 15) is 18.3 Å². The molecule has 2 atom stereocenters. The van der Waals surface area contributed by atoms with E-state index in [1.807, 2.05) is 0 Å². The van der Waals surface area contributed by atoms with Crippen molar-refractivity contribution in [3.63, 3.8) is 0 Å². The average molecular weight is 331 g/mol. The maximum Gasteiger partial charge on any atom is 0.416 e. The third kappa shape index (κ3) is 3.76. The van der Waals surface area contributed by atoms with Crippen molar-refractivity contribution >= 4 is 5.82 Å². The van der Waals surface area contributed by atoms with Crippen molar-refractivity contribution in [1.82, 2.24) is 9.88 Å². The maximum atomic E-state index is 12.8. The van der Waals surface area contributed by atoms with E-state index in [1.54, 1.807) is 4.90 Å². The molecule has 2 saturated heterocycles. The topological polar surface area (TPSA) is 48.8 Å². The molecule has 3 rings (SSSR count). The van der Waals surface area contributed by atoms with Crippen molar-refractivity contribution in [2.45, 2.75) is 24.7 Å². The highest BCUT2D eigenvalue weighted by atomic mass is 19.4. The van der Waals surface area contributed by atoms with Gasteiger partial charge in [0.15, 0.2) is 0 Å². The van der Waals surface area contributed by atoms with Gasteiger partial charge in [-0.1, -0.05) is 0 Å². The Morgan fingerprint density at radius 1 is 1.22 bits per heavy atom. The number of piperidine rings is 1. The van der Waals surface area contributed by atoms with Crippen LogP contribution in [0.15, 0.2) is 18.3 Å². The second-order valence-corrected chi connectivity index (χ2v) is 5.92. The third-order valence-electron chi connectivity index (χ3n) is 4.46. The summed E-state index contributed by atoms with van der Waals surface area (Å²) in [6, 6.07) is 2.03. The number of alkyl halides is 3. The van der Waals surface area contributed by atoms with Crippen LogP contribution in [0.2, 0.25) is 0 Å². The summed E-state index contributed by atoms with van der Waals surface area (Å²) in [6.45, 7) is 3.74. The number of nitrogens with zero attached hydrogens (tertiary/aromatic N) is 3. The van der Waals surface area contributed by atoms with Crippen LogP contribution >= 0.6 is 0 Å². The molecule has 0 aromatic carbocycles. The highest BCUT2D eigenvalue weighted by Crippen LogP contribution is 2.31. The van der Waals surface area contributed by atoms with Gasteiger partial charge in [0, 0.05) is 38.4 Å². The molecule has 1 aromatic rings. The Morgan fingerprint density at radius 2 is 1.96 bits per heavy atom. The standard InChI is InChI=1S/C15H20F3N3O2/c16-15(17,18)11-1-3-19-14(9-11)21-4-2-12(13(22)10-21)20-5-7-23-8-6-20/h1,3,9,12-13,22H,2,4-8,10H2/t12-,13-/m1/s1. The number of halogens is 3. The van der Waals surface area contributed by atoms with Crippen LogP contribution in [0, 0.1) is 0 Å². The number of ether oxygens (including phenoxy) is 1. The van der Waals surface area contributed by atoms with Crippen LogP contribution < -0.4 is 4.90 Å². The van der Waals surface area contributed by atoms with Crippen molar-refractivity contribution < 1.29 is 23.0 Å². The summed E-state index contributed by atoms with van der Waals surface area (Å²) in [7, 11) is 0. The quantitative estimate of drug-likeness (QED) is 0.887. The predicted molar refractivity (Wildman–Crippen MR) is 78.3 cm³/mol. The molecule has 3 heterocycles. The van der Waals surface area contributed by atoms with Crippen LogP contribution in [0.25, 0.3) is 0 Å². The van der Waals surface area contributed by atoms with Gasteiger partial charge in [0.25, 0.3) is 0 Å². The van der Waals surface area contributed by atoms with Gasteiger partial charge in [-0.05, 0) is 18.6 Å². The van der Waals surface area contributed by atoms with E-state index in [0.29, 0.717) is 26.2 Å². The van der Waals surface area contributed by atoms with Crippen LogP contribution in [0.5, 0.6) is 0 Å². The SMILES string of the molecule is O[C@@H]1CN(c2cc(C(F)(F)F)ccn2)CC[C@H]1N1CCOCC1. The first-order valence-corrected chi connectivity index (χ1v) is 7.73. The Kier molecular flexibility index (Phi) is 4.74. The number of aliphatic hydroxyl groups is 1. The molecule has 2 aliphatic rings. The number of pyridine rings is 1. The van der Waals surface area contributed by atoms with Gasteiger partial charge in [-0.25, -0.2) is 4.98 Å². The Morgan fingerprint density at radius 3 is 2.61 bits per heavy atom. The zero-order valence-electron chi connectivity index (χ0n) is 12.7. The summed E-state index contributed by atoms with van der Waals surface area (Å²) in [5.74, 6) is 0.263. The first-order chi connectivity index (χ1) is 10.9. The van der Waals surface area contributed by atoms with E-state index in [4.69, 9.17) is 4.74 Å². The maximum absolute atomic E-state index is 12.8. The molecule has 0 bridgehead atoms. The second-order valence-electron chi connectivity index (χ2n) is 5.92. The lowest BCUT2D eigenvalue weighted by Gasteiger charge is -2.43. The number of hydrogen-bond acceptors (Lipinski definition) is 5. The lowest BCUT2D eigenvalue weighted by Crippen LogP contribution is -2.56. The summed E-state index contributed by atoms with van der Waals surface area (Å²) in [4.78, 5) is 7.95. The fraction of sp³-hybridized carbons (Fsp3) is 0.667. The van der Waals surface area contributed by atoms with E-state index in [0.717, 1.165) is 25.2 Å². The molecule has 0 unspecified atom stereocenters. The molecule has 0 amide bonds. The molecule has 128 valence electrons. The Hall–Kier alpha value is -1.38. The molecule has 8 heteroatoms. The number of aliphatic hydroxyl groups excluding tert-OH is 1. The van der Waals surface area contributed by atoms with E-state index in [-0.39, 0.29) is 18.4 Å². The first kappa shape index (κ1) is 16.5. The average Bonchev–Trinajstić information content (AvgIpc) is 2.55. The molecule has 0 aliphatic carbocycles. The second kappa shape index (κ2) is 6.62. The highest BCUT2D eigenvalue weighted by Gasteiger charge is 2.35. The van der Waals surface area contributed by atoms with Crippen molar-refractivity contribution in [3.05, 3.63) is 23.9 Å². The van der Waals surface area contributed by atoms with E-state index < -0.39 is 17.8 Å². The van der Waals surface area contributed by atoms with Crippen LogP contribution in [0.1, 0.15) is 12.0 Å². The molecule has 5 nitrogen and oxygen atoms in total. The van der Waals surface area contributed by atoms with Gasteiger partial charge in [0.1, 0.15) is 5.82 Å². The molecule has 0 radical (unpaired) electrons. The molecular formula is C15H20F3N3O2. The largest absolute Gasteiger partial charge is 0.416 e. The highest BCUT2D eigenvalue weighted by molar-refractivity contribution is 5.42. The van der Waals surface area contributed by atoms with Crippen molar-refractivity contribution in [2.75, 3.05) is 44.3 Å². The minimum absolute atomic E-state index is 0.0287. The minimum atomic E-state index is -4.39. The van der Waals surface area contributed by atoms with Crippen LogP contribution in [-0.2, 0) is 10.9 Å². The first-order valence-electron chi connectivity index (χ1n) is 7.73. The van der Waals surface area contributed by atoms with Gasteiger partial charge in [0.2, 0.25) is 0 Å². The van der Waals surface area contributed by atoms with E-state index in [2.05, 4.69) is 9.88 Å². The van der Waals surface area contributed by atoms with Gasteiger partial charge >= 0.3 is 6.18 Å². The summed E-state index contributed by atoms with van der Waals surface area (Å²) in [5.41, 5.74) is -0.715. The number of anilines is 1. The summed E-state index contributed by atoms with van der Waals surface area (Å²) in [6.07, 6.45) is -3.14. The van der Waals surface area contributed by atoms with E-state index >= 15 is 0 Å². The van der Waals surface area contributed by atoms with Gasteiger partial charge in [-0.3, -0.25) is 4.90 Å². The van der Waals surface area contributed by atoms with Crippen molar-refractivity contribution in [3.8, 4) is 0 Å². The Labute approximate surface area is 132 Å². The molecule has 0 saturated carbocycles. The van der Waals surface area contributed by atoms with Crippen molar-refractivity contribution in [1.29, 1.82) is 0 Å². The lowest BCUT2D eigenvalue weighted by atomic mass is 9.99. The predicted octanol–water partition coefficient (Wildman–Crippen LogP) is 1.37. The Balaban J connectivity index is 1.67. The monoisotopic (exact) mass is 331 g/mol. The molecule has 0 spiro atoms. The number of rotatable bonds is 2. The fourth-order valence-electron chi connectivity index (χ4n) is 3.23. The summed E-state index contributed by atoms with van der Waals surface area (Å²) in [5, 5.41) is 10.4. The summed E-state index contributed by atoms with van der Waals surface area (Å²) >= 11 is 0. The van der Waals surface area contributed by atoms with Gasteiger partial charge in [0.05, 0.1) is 24.9 Å². The third-order valence-corrected chi connectivity index (χ3v) is 4.46. The molecule has 2 aliphatic heterocycles. The zero-order valence-corrected chi connectivity index (χ0v) is 12.7. The summed E-state index contributed by atoms with van der Waals surface area (Å²) < 4.78 is 43.7. The molecule has 1 aromatic heterocycles. The molecule has 23 heavy (non-hydrogen) atoms. The van der Waals surface area contributed by atoms with Crippen molar-refractivity contribution in [2.24, 2.45) is 0 Å². The van der Waals surface area contributed by atoms with Crippen LogP contribution in [0.4, 0.5) is 19.0 Å². The van der Waals surface area contributed by atoms with Gasteiger partial charge < -0.3 is 14.7 Å². The number of β-amino-alcohol motifs (C(OH)–C–C–N with tert-alkyl or cyclic N) is 1. The van der Waals surface area contributed by atoms with Gasteiger partial charge in [-0.2, -0.15) is 13.2 Å². The van der Waals surface area contributed by atoms with E-state index in [1.165, 1.54) is 6.20 Å². The fourth-order valence-corrected chi connectivity index (χ4v) is 3.23. The number of morpholine rings is 1. The normalized spacial score (nSPS) is 27.2. The van der Waals surface area contributed by atoms with Crippen LogP contribution in [-0.4, -0.2) is 66.5 Å². The number of aromatic nitrogens is 1. The molecule has 2 fully saturated rings. The molecular weight excluding hydrogens is 311 g/mol. The smallest absolute Gasteiger partial charge is 0.390 e. The minimum Gasteiger partial charge on any atom is -0.390 e. The van der Waals surface area contributed by atoms with Gasteiger partial charge in [-0.15, -0.1) is 0 Å². The number of hydrogen-bond donors (Lipinski definition) is 1. The lowest BCUT2D eigenvalue weighted by molar-refractivity contribution is -0.137. The van der Waals surface area contributed by atoms with Crippen LogP contribution in [0.3, 0.4) is 0 Å². The zero-order chi connectivity index (χ0) is 16.4. The Bertz CT molecular complexity index is 535. The molecule has 1 N–H and O–H groups in total.